The fourth-order valence-corrected chi connectivity index (χ4v) is 2.99. The Morgan fingerprint density at radius 1 is 1.14 bits per heavy atom. The molecule has 1 saturated heterocycles. The lowest BCUT2D eigenvalue weighted by atomic mass is 9.79. The van der Waals surface area contributed by atoms with Crippen molar-refractivity contribution in [3.63, 3.8) is 0 Å². The van der Waals surface area contributed by atoms with Crippen LogP contribution in [0.2, 0.25) is 0 Å². The fourth-order valence-electron chi connectivity index (χ4n) is 2.99. The second kappa shape index (κ2) is 8.60. The molecular weight excluding hydrogens is 305 g/mol. The van der Waals surface area contributed by atoms with Gasteiger partial charge in [-0.1, -0.05) is 39.0 Å². The number of benzene rings is 1. The summed E-state index contributed by atoms with van der Waals surface area (Å²) in [5.41, 5.74) is 2.09. The maximum absolute atomic E-state index is 9.35. The van der Waals surface area contributed by atoms with Gasteiger partial charge in [-0.3, -0.25) is 4.90 Å². The molecule has 5 heteroatoms. The standard InChI is InChI=1S/C16H23N3.2ClH/c1-16(2,3)15(19-10-8-18-9-11-19)14-7-5-4-6-13(14)12-17;;/h4-7,15,18H,8-11H2,1-3H3;2*1H/t15-;;/m0../s1. The quantitative estimate of drug-likeness (QED) is 0.903. The molecule has 0 aromatic heterocycles. The first-order chi connectivity index (χ1) is 9.04. The maximum atomic E-state index is 9.35. The predicted molar refractivity (Wildman–Crippen MR) is 92.3 cm³/mol. The molecular formula is C16H25Cl2N3. The highest BCUT2D eigenvalue weighted by molar-refractivity contribution is 5.85. The first-order valence-electron chi connectivity index (χ1n) is 6.98. The summed E-state index contributed by atoms with van der Waals surface area (Å²) >= 11 is 0. The smallest absolute Gasteiger partial charge is 0.0995 e. The number of halogens is 2. The summed E-state index contributed by atoms with van der Waals surface area (Å²) in [6.07, 6.45) is 0. The number of piperazine rings is 1. The van der Waals surface area contributed by atoms with Gasteiger partial charge in [0.15, 0.2) is 0 Å². The fraction of sp³-hybridized carbons (Fsp3) is 0.562. The van der Waals surface area contributed by atoms with E-state index in [1.165, 1.54) is 5.56 Å². The molecule has 118 valence electrons. The van der Waals surface area contributed by atoms with E-state index >= 15 is 0 Å². The molecule has 1 aromatic carbocycles. The van der Waals surface area contributed by atoms with Gasteiger partial charge in [-0.25, -0.2) is 0 Å². The van der Waals surface area contributed by atoms with E-state index in [0.29, 0.717) is 6.04 Å². The zero-order valence-corrected chi connectivity index (χ0v) is 14.6. The van der Waals surface area contributed by atoms with Crippen molar-refractivity contribution in [3.8, 4) is 6.07 Å². The summed E-state index contributed by atoms with van der Waals surface area (Å²) in [6.45, 7) is 10.9. The molecule has 0 aliphatic carbocycles. The summed E-state index contributed by atoms with van der Waals surface area (Å²) < 4.78 is 0. The number of rotatable bonds is 2. The van der Waals surface area contributed by atoms with Crippen LogP contribution in [0.5, 0.6) is 0 Å². The van der Waals surface area contributed by atoms with E-state index in [2.05, 4.69) is 43.1 Å². The van der Waals surface area contributed by atoms with Gasteiger partial charge in [0.2, 0.25) is 0 Å². The molecule has 0 radical (unpaired) electrons. The Labute approximate surface area is 140 Å². The van der Waals surface area contributed by atoms with Crippen molar-refractivity contribution in [1.29, 1.82) is 5.26 Å². The van der Waals surface area contributed by atoms with Crippen LogP contribution >= 0.6 is 24.8 Å². The molecule has 21 heavy (non-hydrogen) atoms. The predicted octanol–water partition coefficient (Wildman–Crippen LogP) is 3.39. The summed E-state index contributed by atoms with van der Waals surface area (Å²) in [6, 6.07) is 10.7. The summed E-state index contributed by atoms with van der Waals surface area (Å²) in [7, 11) is 0. The van der Waals surface area contributed by atoms with Gasteiger partial charge >= 0.3 is 0 Å². The van der Waals surface area contributed by atoms with Crippen LogP contribution < -0.4 is 5.32 Å². The molecule has 0 bridgehead atoms. The molecule has 1 N–H and O–H groups in total. The zero-order chi connectivity index (χ0) is 13.9. The molecule has 0 amide bonds. The van der Waals surface area contributed by atoms with Crippen LogP contribution in [-0.4, -0.2) is 31.1 Å². The highest BCUT2D eigenvalue weighted by Crippen LogP contribution is 2.39. The van der Waals surface area contributed by atoms with Crippen molar-refractivity contribution < 1.29 is 0 Å². The average molecular weight is 330 g/mol. The lowest BCUT2D eigenvalue weighted by Gasteiger charge is -2.43. The molecule has 2 rings (SSSR count). The first kappa shape index (κ1) is 20.2. The first-order valence-corrected chi connectivity index (χ1v) is 6.98. The Kier molecular flexibility index (Phi) is 8.28. The molecule has 1 heterocycles. The normalized spacial score (nSPS) is 17.0. The number of hydrogen-bond donors (Lipinski definition) is 1. The van der Waals surface area contributed by atoms with Crippen LogP contribution in [0.1, 0.15) is 37.9 Å². The van der Waals surface area contributed by atoms with Crippen LogP contribution in [0, 0.1) is 16.7 Å². The zero-order valence-electron chi connectivity index (χ0n) is 12.9. The molecule has 1 fully saturated rings. The van der Waals surface area contributed by atoms with Gasteiger partial charge in [-0.2, -0.15) is 5.26 Å². The van der Waals surface area contributed by atoms with Gasteiger partial charge in [-0.15, -0.1) is 24.8 Å². The van der Waals surface area contributed by atoms with E-state index in [-0.39, 0.29) is 30.2 Å². The number of nitrogens with one attached hydrogen (secondary N) is 1. The second-order valence-electron chi connectivity index (χ2n) is 6.25. The van der Waals surface area contributed by atoms with Gasteiger partial charge in [-0.05, 0) is 17.0 Å². The highest BCUT2D eigenvalue weighted by Gasteiger charge is 2.33. The lowest BCUT2D eigenvalue weighted by Crippen LogP contribution is -2.48. The van der Waals surface area contributed by atoms with Crippen molar-refractivity contribution in [3.05, 3.63) is 35.4 Å². The van der Waals surface area contributed by atoms with E-state index in [1.807, 2.05) is 18.2 Å². The SMILES string of the molecule is CC(C)(C)[C@H](c1ccccc1C#N)N1CCNCC1.Cl.Cl. The highest BCUT2D eigenvalue weighted by atomic mass is 35.5. The third kappa shape index (κ3) is 4.86. The van der Waals surface area contributed by atoms with Crippen molar-refractivity contribution in [2.24, 2.45) is 5.41 Å². The van der Waals surface area contributed by atoms with Crippen LogP contribution in [-0.2, 0) is 0 Å². The minimum Gasteiger partial charge on any atom is -0.314 e. The monoisotopic (exact) mass is 329 g/mol. The summed E-state index contributed by atoms with van der Waals surface area (Å²) in [4.78, 5) is 2.51. The Bertz CT molecular complexity index is 471. The Morgan fingerprint density at radius 2 is 1.71 bits per heavy atom. The molecule has 0 saturated carbocycles. The minimum atomic E-state index is 0. The topological polar surface area (TPSA) is 39.1 Å². The van der Waals surface area contributed by atoms with Gasteiger partial charge in [0, 0.05) is 32.2 Å². The van der Waals surface area contributed by atoms with Crippen molar-refractivity contribution in [2.45, 2.75) is 26.8 Å². The average Bonchev–Trinajstić information content (AvgIpc) is 2.39. The molecule has 0 spiro atoms. The maximum Gasteiger partial charge on any atom is 0.0995 e. The Hall–Kier alpha value is -0.790. The van der Waals surface area contributed by atoms with E-state index in [1.54, 1.807) is 0 Å². The van der Waals surface area contributed by atoms with Gasteiger partial charge < -0.3 is 5.32 Å². The van der Waals surface area contributed by atoms with E-state index in [9.17, 15) is 5.26 Å². The molecule has 1 aromatic rings. The molecule has 1 aliphatic heterocycles. The number of hydrogen-bond acceptors (Lipinski definition) is 3. The summed E-state index contributed by atoms with van der Waals surface area (Å²) in [5.74, 6) is 0. The van der Waals surface area contributed by atoms with Crippen molar-refractivity contribution in [2.75, 3.05) is 26.2 Å². The number of nitrogens with zero attached hydrogens (tertiary/aromatic N) is 2. The van der Waals surface area contributed by atoms with E-state index in [4.69, 9.17) is 0 Å². The third-order valence-corrected chi connectivity index (χ3v) is 3.71. The van der Waals surface area contributed by atoms with Crippen LogP contribution in [0.25, 0.3) is 0 Å². The molecule has 1 atom stereocenters. The Morgan fingerprint density at radius 3 is 2.24 bits per heavy atom. The molecule has 1 aliphatic rings. The number of nitriles is 1. The third-order valence-electron chi connectivity index (χ3n) is 3.71. The lowest BCUT2D eigenvalue weighted by molar-refractivity contribution is 0.0860. The minimum absolute atomic E-state index is 0. The van der Waals surface area contributed by atoms with E-state index < -0.39 is 0 Å². The van der Waals surface area contributed by atoms with Crippen molar-refractivity contribution >= 4 is 24.8 Å². The van der Waals surface area contributed by atoms with Gasteiger partial charge in [0.1, 0.15) is 0 Å². The van der Waals surface area contributed by atoms with Crippen LogP contribution in [0.15, 0.2) is 24.3 Å². The second-order valence-corrected chi connectivity index (χ2v) is 6.25. The van der Waals surface area contributed by atoms with Gasteiger partial charge in [0.05, 0.1) is 11.6 Å². The van der Waals surface area contributed by atoms with Gasteiger partial charge in [0.25, 0.3) is 0 Å². The molecule has 0 unspecified atom stereocenters. The largest absolute Gasteiger partial charge is 0.314 e. The van der Waals surface area contributed by atoms with Crippen LogP contribution in [0.4, 0.5) is 0 Å². The van der Waals surface area contributed by atoms with Crippen molar-refractivity contribution in [1.82, 2.24) is 10.2 Å². The molecule has 3 nitrogen and oxygen atoms in total. The van der Waals surface area contributed by atoms with Crippen LogP contribution in [0.3, 0.4) is 0 Å². The van der Waals surface area contributed by atoms with E-state index in [0.717, 1.165) is 31.7 Å². The Balaban J connectivity index is 0.00000200. The summed E-state index contributed by atoms with van der Waals surface area (Å²) in [5, 5.41) is 12.7.